The van der Waals surface area contributed by atoms with Crippen LogP contribution in [0.4, 0.5) is 5.69 Å². The second kappa shape index (κ2) is 9.72. The average Bonchev–Trinajstić information content (AvgIpc) is 2.68. The van der Waals surface area contributed by atoms with E-state index in [2.05, 4.69) is 4.40 Å². The third-order valence-corrected chi connectivity index (χ3v) is 4.76. The molecule has 0 saturated carbocycles. The zero-order chi connectivity index (χ0) is 19.8. The maximum atomic E-state index is 11.6. The highest BCUT2D eigenvalue weighted by Gasteiger charge is 2.18. The minimum absolute atomic E-state index is 0.0477. The molecule has 0 bridgehead atoms. The number of nitro groups is 1. The van der Waals surface area contributed by atoms with E-state index < -0.39 is 10.9 Å². The SMILES string of the molecule is CCN(CC)/C(=N/SCc1ccc([N+](=O)[O-])cc1)c1ccccc1C(=O)O. The van der Waals surface area contributed by atoms with Crippen molar-refractivity contribution in [2.75, 3.05) is 13.1 Å². The molecule has 0 radical (unpaired) electrons. The molecule has 0 heterocycles. The Morgan fingerprint density at radius 2 is 1.70 bits per heavy atom. The van der Waals surface area contributed by atoms with E-state index in [1.807, 2.05) is 18.7 Å². The minimum atomic E-state index is -0.995. The number of hydrogen-bond acceptors (Lipinski definition) is 5. The summed E-state index contributed by atoms with van der Waals surface area (Å²) < 4.78 is 4.59. The lowest BCUT2D eigenvalue weighted by Gasteiger charge is -2.24. The number of non-ortho nitro benzene ring substituents is 1. The highest BCUT2D eigenvalue weighted by molar-refractivity contribution is 7.97. The molecule has 2 aromatic rings. The average molecular weight is 387 g/mol. The van der Waals surface area contributed by atoms with Gasteiger partial charge >= 0.3 is 5.97 Å². The van der Waals surface area contributed by atoms with Gasteiger partial charge in [0.25, 0.3) is 5.69 Å². The zero-order valence-corrected chi connectivity index (χ0v) is 16.0. The Labute approximate surface area is 162 Å². The van der Waals surface area contributed by atoms with Crippen LogP contribution in [0.2, 0.25) is 0 Å². The summed E-state index contributed by atoms with van der Waals surface area (Å²) in [6.45, 7) is 5.37. The fourth-order valence-electron chi connectivity index (χ4n) is 2.55. The van der Waals surface area contributed by atoms with Gasteiger partial charge in [-0.05, 0) is 37.4 Å². The molecule has 0 aliphatic heterocycles. The van der Waals surface area contributed by atoms with E-state index in [0.29, 0.717) is 30.2 Å². The van der Waals surface area contributed by atoms with Crippen LogP contribution >= 0.6 is 11.9 Å². The summed E-state index contributed by atoms with van der Waals surface area (Å²) >= 11 is 1.29. The highest BCUT2D eigenvalue weighted by atomic mass is 32.2. The summed E-state index contributed by atoms with van der Waals surface area (Å²) in [5.74, 6) is 0.147. The standard InChI is InChI=1S/C19H21N3O4S/c1-3-21(4-2)18(16-7-5-6-8-17(16)19(23)24)20-27-13-14-9-11-15(12-10-14)22(25)26/h5-12H,3-4,13H2,1-2H3,(H,23,24)/b20-18+. The molecule has 0 saturated heterocycles. The van der Waals surface area contributed by atoms with Crippen LogP contribution in [0.3, 0.4) is 0 Å². The number of carboxylic acids is 1. The summed E-state index contributed by atoms with van der Waals surface area (Å²) in [5, 5.41) is 20.2. The van der Waals surface area contributed by atoms with Crippen LogP contribution in [0, 0.1) is 10.1 Å². The Morgan fingerprint density at radius 3 is 2.22 bits per heavy atom. The van der Waals surface area contributed by atoms with Crippen LogP contribution in [-0.4, -0.2) is 39.8 Å². The van der Waals surface area contributed by atoms with Crippen LogP contribution in [0.25, 0.3) is 0 Å². The smallest absolute Gasteiger partial charge is 0.336 e. The Hall–Kier alpha value is -2.87. The third-order valence-electron chi connectivity index (χ3n) is 3.99. The lowest BCUT2D eigenvalue weighted by molar-refractivity contribution is -0.384. The molecular weight excluding hydrogens is 366 g/mol. The molecule has 1 N–H and O–H groups in total. The fraction of sp³-hybridized carbons (Fsp3) is 0.263. The quantitative estimate of drug-likeness (QED) is 0.239. The van der Waals surface area contributed by atoms with Crippen molar-refractivity contribution in [1.29, 1.82) is 0 Å². The lowest BCUT2D eigenvalue weighted by Crippen LogP contribution is -2.32. The summed E-state index contributed by atoms with van der Waals surface area (Å²) in [7, 11) is 0. The summed E-state index contributed by atoms with van der Waals surface area (Å²) in [6.07, 6.45) is 0. The molecule has 0 amide bonds. The van der Waals surface area contributed by atoms with Gasteiger partial charge in [-0.2, -0.15) is 4.40 Å². The molecule has 8 heteroatoms. The topological polar surface area (TPSA) is 96.0 Å². The molecule has 2 aromatic carbocycles. The van der Waals surface area contributed by atoms with E-state index in [-0.39, 0.29) is 11.3 Å². The number of benzene rings is 2. The number of carboxylic acid groups (broad SMARTS) is 1. The fourth-order valence-corrected chi connectivity index (χ4v) is 3.29. The van der Waals surface area contributed by atoms with Gasteiger partial charge in [0.2, 0.25) is 0 Å². The van der Waals surface area contributed by atoms with Gasteiger partial charge in [-0.25, -0.2) is 4.79 Å². The molecule has 2 rings (SSSR count). The molecule has 0 atom stereocenters. The van der Waals surface area contributed by atoms with Gasteiger partial charge in [0.05, 0.1) is 10.5 Å². The minimum Gasteiger partial charge on any atom is -0.478 e. The number of nitro benzene ring substituents is 1. The number of carbonyl (C=O) groups is 1. The molecule has 7 nitrogen and oxygen atoms in total. The van der Waals surface area contributed by atoms with Crippen molar-refractivity contribution in [2.24, 2.45) is 4.40 Å². The van der Waals surface area contributed by atoms with Gasteiger partial charge in [-0.3, -0.25) is 10.1 Å². The molecule has 0 aromatic heterocycles. The Kier molecular flexibility index (Phi) is 7.36. The van der Waals surface area contributed by atoms with Crippen molar-refractivity contribution < 1.29 is 14.8 Å². The van der Waals surface area contributed by atoms with E-state index in [1.54, 1.807) is 36.4 Å². The van der Waals surface area contributed by atoms with Crippen LogP contribution in [0.5, 0.6) is 0 Å². The Morgan fingerprint density at radius 1 is 1.11 bits per heavy atom. The number of aromatic carboxylic acids is 1. The maximum absolute atomic E-state index is 11.6. The van der Waals surface area contributed by atoms with E-state index in [0.717, 1.165) is 5.56 Å². The van der Waals surface area contributed by atoms with Gasteiger partial charge in [-0.1, -0.05) is 30.3 Å². The van der Waals surface area contributed by atoms with Crippen LogP contribution in [0.15, 0.2) is 52.9 Å². The summed E-state index contributed by atoms with van der Waals surface area (Å²) in [4.78, 5) is 23.9. The van der Waals surface area contributed by atoms with Crippen LogP contribution in [0.1, 0.15) is 35.3 Å². The predicted octanol–water partition coefficient (Wildman–Crippen LogP) is 4.23. The number of hydrogen-bond donors (Lipinski definition) is 1. The van der Waals surface area contributed by atoms with Crippen molar-refractivity contribution in [1.82, 2.24) is 4.90 Å². The second-order valence-electron chi connectivity index (χ2n) is 5.63. The first-order chi connectivity index (χ1) is 13.0. The molecule has 27 heavy (non-hydrogen) atoms. The van der Waals surface area contributed by atoms with E-state index in [9.17, 15) is 20.0 Å². The van der Waals surface area contributed by atoms with Gasteiger partial charge in [0.15, 0.2) is 0 Å². The zero-order valence-electron chi connectivity index (χ0n) is 15.2. The van der Waals surface area contributed by atoms with E-state index in [1.165, 1.54) is 24.1 Å². The largest absolute Gasteiger partial charge is 0.478 e. The van der Waals surface area contributed by atoms with Gasteiger partial charge in [0.1, 0.15) is 5.84 Å². The maximum Gasteiger partial charge on any atom is 0.336 e. The third kappa shape index (κ3) is 5.30. The lowest BCUT2D eigenvalue weighted by atomic mass is 10.1. The van der Waals surface area contributed by atoms with Gasteiger partial charge < -0.3 is 10.0 Å². The highest BCUT2D eigenvalue weighted by Crippen LogP contribution is 2.21. The first-order valence-corrected chi connectivity index (χ1v) is 9.43. The first kappa shape index (κ1) is 20.4. The molecule has 0 aliphatic carbocycles. The van der Waals surface area contributed by atoms with E-state index in [4.69, 9.17) is 0 Å². The van der Waals surface area contributed by atoms with Crippen LogP contribution < -0.4 is 0 Å². The molecule has 142 valence electrons. The predicted molar refractivity (Wildman–Crippen MR) is 107 cm³/mol. The van der Waals surface area contributed by atoms with Gasteiger partial charge in [-0.15, -0.1) is 0 Å². The molecule has 0 unspecified atom stereocenters. The molecule has 0 fully saturated rings. The molecule has 0 spiro atoms. The van der Waals surface area contributed by atoms with Crippen LogP contribution in [-0.2, 0) is 5.75 Å². The normalized spacial score (nSPS) is 11.3. The number of amidine groups is 1. The summed E-state index contributed by atoms with van der Waals surface area (Å²) in [6, 6.07) is 13.1. The first-order valence-electron chi connectivity index (χ1n) is 8.48. The van der Waals surface area contributed by atoms with Crippen molar-refractivity contribution in [3.05, 3.63) is 75.3 Å². The number of nitrogens with zero attached hydrogens (tertiary/aromatic N) is 3. The number of rotatable bonds is 8. The van der Waals surface area contributed by atoms with E-state index >= 15 is 0 Å². The molecular formula is C19H21N3O4S. The van der Waals surface area contributed by atoms with Crippen molar-refractivity contribution in [3.63, 3.8) is 0 Å². The van der Waals surface area contributed by atoms with Crippen molar-refractivity contribution in [2.45, 2.75) is 19.6 Å². The van der Waals surface area contributed by atoms with Crippen molar-refractivity contribution in [3.8, 4) is 0 Å². The van der Waals surface area contributed by atoms with Gasteiger partial charge in [0, 0.05) is 36.5 Å². The van der Waals surface area contributed by atoms with Crippen molar-refractivity contribution >= 4 is 29.4 Å². The summed E-state index contributed by atoms with van der Waals surface area (Å²) in [5.41, 5.74) is 1.73. The Bertz CT molecular complexity index is 833. The monoisotopic (exact) mass is 387 g/mol. The Balaban J connectivity index is 2.27. The second-order valence-corrected chi connectivity index (χ2v) is 6.36. The molecule has 0 aliphatic rings.